The number of aliphatic imine (C=N–C) groups is 1. The molecule has 0 aliphatic rings. The minimum Gasteiger partial charge on any atom is -0.497 e. The van der Waals surface area contributed by atoms with Gasteiger partial charge in [-0.25, -0.2) is 9.98 Å². The van der Waals surface area contributed by atoms with Crippen molar-refractivity contribution in [2.45, 2.75) is 33.7 Å². The Balaban J connectivity index is 1.92. The highest BCUT2D eigenvalue weighted by atomic mass is 35.5. The van der Waals surface area contributed by atoms with Crippen molar-refractivity contribution in [3.8, 4) is 5.75 Å². The number of hydrogen-bond donors (Lipinski definition) is 2. The minimum absolute atomic E-state index is 0.635. The molecule has 1 aromatic heterocycles. The van der Waals surface area contributed by atoms with E-state index in [4.69, 9.17) is 16.3 Å². The Hall–Kier alpha value is -1.79. The SMILES string of the molecule is CCNC(=NCc1sc(C)nc1C)NCCc1ccc(OC)cc1Cl. The van der Waals surface area contributed by atoms with Crippen molar-refractivity contribution in [3.05, 3.63) is 44.4 Å². The zero-order valence-electron chi connectivity index (χ0n) is 15.1. The van der Waals surface area contributed by atoms with Gasteiger partial charge >= 0.3 is 0 Å². The van der Waals surface area contributed by atoms with Crippen LogP contribution < -0.4 is 15.4 Å². The van der Waals surface area contributed by atoms with E-state index in [1.54, 1.807) is 18.4 Å². The lowest BCUT2D eigenvalue weighted by molar-refractivity contribution is 0.414. The number of aromatic nitrogens is 1. The maximum Gasteiger partial charge on any atom is 0.191 e. The van der Waals surface area contributed by atoms with Gasteiger partial charge in [0.2, 0.25) is 0 Å². The normalized spacial score (nSPS) is 11.5. The molecule has 0 atom stereocenters. The molecule has 0 saturated heterocycles. The first-order valence-corrected chi connectivity index (χ1v) is 9.50. The van der Waals surface area contributed by atoms with E-state index in [1.165, 1.54) is 4.88 Å². The topological polar surface area (TPSA) is 58.5 Å². The van der Waals surface area contributed by atoms with Crippen molar-refractivity contribution in [1.29, 1.82) is 0 Å². The first kappa shape index (κ1) is 19.5. The number of hydrogen-bond acceptors (Lipinski definition) is 4. The molecule has 1 heterocycles. The average Bonchev–Trinajstić information content (AvgIpc) is 2.91. The number of thiazole rings is 1. The molecule has 0 aliphatic carbocycles. The first-order valence-electron chi connectivity index (χ1n) is 8.31. The van der Waals surface area contributed by atoms with E-state index < -0.39 is 0 Å². The fourth-order valence-corrected chi connectivity index (χ4v) is 3.51. The lowest BCUT2D eigenvalue weighted by Gasteiger charge is -2.12. The van der Waals surface area contributed by atoms with Crippen LogP contribution in [0.4, 0.5) is 0 Å². The number of benzene rings is 1. The van der Waals surface area contributed by atoms with E-state index in [0.717, 1.165) is 52.5 Å². The van der Waals surface area contributed by atoms with Gasteiger partial charge in [-0.15, -0.1) is 11.3 Å². The molecule has 0 spiro atoms. The number of guanidine groups is 1. The fourth-order valence-electron chi connectivity index (χ4n) is 2.39. The summed E-state index contributed by atoms with van der Waals surface area (Å²) in [5, 5.41) is 8.42. The van der Waals surface area contributed by atoms with Crippen LogP contribution in [0.2, 0.25) is 5.02 Å². The van der Waals surface area contributed by atoms with Gasteiger partial charge in [0.05, 0.1) is 24.4 Å². The van der Waals surface area contributed by atoms with Crippen LogP contribution in [0.15, 0.2) is 23.2 Å². The van der Waals surface area contributed by atoms with E-state index in [0.29, 0.717) is 6.54 Å². The molecule has 1 aromatic carbocycles. The van der Waals surface area contributed by atoms with Gasteiger partial charge in [0.25, 0.3) is 0 Å². The van der Waals surface area contributed by atoms with Crippen LogP contribution in [0.1, 0.15) is 28.1 Å². The van der Waals surface area contributed by atoms with Crippen molar-refractivity contribution in [3.63, 3.8) is 0 Å². The maximum atomic E-state index is 6.29. The Morgan fingerprint density at radius 1 is 1.32 bits per heavy atom. The van der Waals surface area contributed by atoms with Crippen molar-refractivity contribution in [1.82, 2.24) is 15.6 Å². The fraction of sp³-hybridized carbons (Fsp3) is 0.444. The zero-order valence-corrected chi connectivity index (χ0v) is 16.7. The van der Waals surface area contributed by atoms with Gasteiger partial charge in [-0.3, -0.25) is 0 Å². The molecule has 7 heteroatoms. The zero-order chi connectivity index (χ0) is 18.2. The Morgan fingerprint density at radius 3 is 2.72 bits per heavy atom. The molecule has 25 heavy (non-hydrogen) atoms. The Labute approximate surface area is 158 Å². The van der Waals surface area contributed by atoms with Crippen molar-refractivity contribution in [2.75, 3.05) is 20.2 Å². The molecule has 136 valence electrons. The standard InChI is InChI=1S/C18H25ClN4OS/c1-5-20-18(22-11-17-12(2)23-13(3)25-17)21-9-8-14-6-7-15(24-4)10-16(14)19/h6-7,10H,5,8-9,11H2,1-4H3,(H2,20,21,22). The third-order valence-electron chi connectivity index (χ3n) is 3.67. The summed E-state index contributed by atoms with van der Waals surface area (Å²) in [4.78, 5) is 10.3. The molecule has 0 amide bonds. The first-order chi connectivity index (χ1) is 12.0. The molecule has 2 aromatic rings. The second-order valence-corrected chi connectivity index (χ2v) is 7.27. The number of nitrogens with one attached hydrogen (secondary N) is 2. The van der Waals surface area contributed by atoms with Gasteiger partial charge in [0.1, 0.15) is 5.75 Å². The number of ether oxygens (including phenoxy) is 1. The molecule has 5 nitrogen and oxygen atoms in total. The molecule has 2 rings (SSSR count). The van der Waals surface area contributed by atoms with Crippen molar-refractivity contribution >= 4 is 28.9 Å². The smallest absolute Gasteiger partial charge is 0.191 e. The van der Waals surface area contributed by atoms with Crippen LogP contribution in [-0.4, -0.2) is 31.1 Å². The molecule has 0 saturated carbocycles. The maximum absolute atomic E-state index is 6.29. The molecule has 0 aliphatic heterocycles. The predicted octanol–water partition coefficient (Wildman–Crippen LogP) is 3.72. The molecule has 0 radical (unpaired) electrons. The van der Waals surface area contributed by atoms with E-state index in [9.17, 15) is 0 Å². The van der Waals surface area contributed by atoms with E-state index in [2.05, 4.69) is 27.5 Å². The summed E-state index contributed by atoms with van der Waals surface area (Å²) in [6, 6.07) is 5.76. The molecular formula is C18H25ClN4OS. The van der Waals surface area contributed by atoms with E-state index in [1.807, 2.05) is 32.0 Å². The number of rotatable bonds is 7. The van der Waals surface area contributed by atoms with E-state index in [-0.39, 0.29) is 0 Å². The van der Waals surface area contributed by atoms with Crippen molar-refractivity contribution in [2.24, 2.45) is 4.99 Å². The second-order valence-electron chi connectivity index (χ2n) is 5.57. The number of aryl methyl sites for hydroxylation is 2. The quantitative estimate of drug-likeness (QED) is 0.567. The molecule has 0 bridgehead atoms. The van der Waals surface area contributed by atoms with Gasteiger partial charge in [-0.05, 0) is 44.9 Å². The van der Waals surface area contributed by atoms with Gasteiger partial charge in [0.15, 0.2) is 5.96 Å². The Kier molecular flexibility index (Phi) is 7.52. The van der Waals surface area contributed by atoms with Crippen LogP contribution in [0.25, 0.3) is 0 Å². The van der Waals surface area contributed by atoms with Crippen LogP contribution >= 0.6 is 22.9 Å². The summed E-state index contributed by atoms with van der Waals surface area (Å²) in [7, 11) is 1.64. The third kappa shape index (κ3) is 5.90. The van der Waals surface area contributed by atoms with Crippen LogP contribution in [0.3, 0.4) is 0 Å². The van der Waals surface area contributed by atoms with Crippen LogP contribution in [-0.2, 0) is 13.0 Å². The highest BCUT2D eigenvalue weighted by molar-refractivity contribution is 7.11. The molecular weight excluding hydrogens is 356 g/mol. The van der Waals surface area contributed by atoms with Crippen molar-refractivity contribution < 1.29 is 4.74 Å². The summed E-state index contributed by atoms with van der Waals surface area (Å²) >= 11 is 7.98. The minimum atomic E-state index is 0.635. The lowest BCUT2D eigenvalue weighted by Crippen LogP contribution is -2.38. The lowest BCUT2D eigenvalue weighted by atomic mass is 10.1. The highest BCUT2D eigenvalue weighted by Gasteiger charge is 2.06. The summed E-state index contributed by atoms with van der Waals surface area (Å²) in [5.41, 5.74) is 2.15. The largest absolute Gasteiger partial charge is 0.497 e. The van der Waals surface area contributed by atoms with Gasteiger partial charge in [0, 0.05) is 23.0 Å². The Morgan fingerprint density at radius 2 is 2.12 bits per heavy atom. The van der Waals surface area contributed by atoms with Gasteiger partial charge in [-0.1, -0.05) is 17.7 Å². The van der Waals surface area contributed by atoms with E-state index >= 15 is 0 Å². The molecule has 0 unspecified atom stereocenters. The molecule has 0 fully saturated rings. The average molecular weight is 381 g/mol. The number of methoxy groups -OCH3 is 1. The number of nitrogens with zero attached hydrogens (tertiary/aromatic N) is 2. The monoisotopic (exact) mass is 380 g/mol. The van der Waals surface area contributed by atoms with Gasteiger partial charge in [-0.2, -0.15) is 0 Å². The number of halogens is 1. The van der Waals surface area contributed by atoms with Gasteiger partial charge < -0.3 is 15.4 Å². The third-order valence-corrected chi connectivity index (χ3v) is 5.08. The Bertz CT molecular complexity index is 730. The van der Waals surface area contributed by atoms with Crippen LogP contribution in [0.5, 0.6) is 5.75 Å². The van der Waals surface area contributed by atoms with Crippen LogP contribution in [0, 0.1) is 13.8 Å². The summed E-state index contributed by atoms with van der Waals surface area (Å²) in [6.07, 6.45) is 0.811. The second kappa shape index (κ2) is 9.63. The molecule has 2 N–H and O–H groups in total. The predicted molar refractivity (Wildman–Crippen MR) is 106 cm³/mol. The summed E-state index contributed by atoms with van der Waals surface area (Å²) in [5.74, 6) is 1.57. The summed E-state index contributed by atoms with van der Waals surface area (Å²) < 4.78 is 5.18. The highest BCUT2D eigenvalue weighted by Crippen LogP contribution is 2.22. The summed E-state index contributed by atoms with van der Waals surface area (Å²) in [6.45, 7) is 8.30.